The van der Waals surface area contributed by atoms with Crippen LogP contribution in [0.3, 0.4) is 0 Å². The molecule has 1 aliphatic heterocycles. The van der Waals surface area contributed by atoms with Gasteiger partial charge < -0.3 is 14.9 Å². The Morgan fingerprint density at radius 3 is 2.35 bits per heavy atom. The summed E-state index contributed by atoms with van der Waals surface area (Å²) in [4.78, 5) is 29.2. The number of hydrogen-bond donors (Lipinski definition) is 1. The molecule has 2 aromatic rings. The van der Waals surface area contributed by atoms with Gasteiger partial charge in [0.25, 0.3) is 5.91 Å². The topological polar surface area (TPSA) is 60.9 Å². The summed E-state index contributed by atoms with van der Waals surface area (Å²) in [6.07, 6.45) is 0.422. The Labute approximate surface area is 138 Å². The molecule has 0 aliphatic carbocycles. The van der Waals surface area contributed by atoms with E-state index in [1.807, 2.05) is 17.5 Å². The number of piperazine rings is 1. The minimum absolute atomic E-state index is 0.00583. The number of thiophene rings is 1. The SMILES string of the molecule is O=C(Cc1cccs1)N1CCN(C(=O)c2ccccc2O)CC1. The number of amides is 2. The van der Waals surface area contributed by atoms with Gasteiger partial charge in [-0.05, 0) is 23.6 Å². The molecule has 1 saturated heterocycles. The Morgan fingerprint density at radius 2 is 1.70 bits per heavy atom. The number of aromatic hydroxyl groups is 1. The zero-order valence-corrected chi connectivity index (χ0v) is 13.5. The van der Waals surface area contributed by atoms with E-state index in [1.54, 1.807) is 39.3 Å². The quantitative estimate of drug-likeness (QED) is 0.936. The molecule has 0 spiro atoms. The van der Waals surface area contributed by atoms with E-state index in [1.165, 1.54) is 6.07 Å². The van der Waals surface area contributed by atoms with Gasteiger partial charge in [0.05, 0.1) is 12.0 Å². The molecule has 0 saturated carbocycles. The maximum Gasteiger partial charge on any atom is 0.257 e. The van der Waals surface area contributed by atoms with Crippen molar-refractivity contribution in [2.24, 2.45) is 0 Å². The van der Waals surface area contributed by atoms with Crippen LogP contribution in [0.15, 0.2) is 41.8 Å². The minimum atomic E-state index is -0.187. The molecule has 2 heterocycles. The second-order valence-electron chi connectivity index (χ2n) is 5.45. The van der Waals surface area contributed by atoms with Gasteiger partial charge >= 0.3 is 0 Å². The largest absolute Gasteiger partial charge is 0.507 e. The third-order valence-electron chi connectivity index (χ3n) is 3.96. The van der Waals surface area contributed by atoms with Crippen molar-refractivity contribution < 1.29 is 14.7 Å². The summed E-state index contributed by atoms with van der Waals surface area (Å²) < 4.78 is 0. The number of phenols is 1. The van der Waals surface area contributed by atoms with Crippen LogP contribution in [-0.4, -0.2) is 52.9 Å². The van der Waals surface area contributed by atoms with Gasteiger partial charge in [0.15, 0.2) is 0 Å². The summed E-state index contributed by atoms with van der Waals surface area (Å²) in [5, 5.41) is 11.7. The lowest BCUT2D eigenvalue weighted by Crippen LogP contribution is -2.51. The first-order chi connectivity index (χ1) is 11.1. The van der Waals surface area contributed by atoms with Crippen LogP contribution in [0.2, 0.25) is 0 Å². The lowest BCUT2D eigenvalue weighted by molar-refractivity contribution is -0.131. The van der Waals surface area contributed by atoms with E-state index in [-0.39, 0.29) is 17.6 Å². The number of para-hydroxylation sites is 1. The van der Waals surface area contributed by atoms with Crippen LogP contribution in [0, 0.1) is 0 Å². The molecule has 0 bridgehead atoms. The molecule has 0 atom stereocenters. The van der Waals surface area contributed by atoms with Crippen molar-refractivity contribution in [3.8, 4) is 5.75 Å². The first-order valence-corrected chi connectivity index (χ1v) is 8.40. The number of rotatable bonds is 3. The van der Waals surface area contributed by atoms with Crippen LogP contribution in [-0.2, 0) is 11.2 Å². The van der Waals surface area contributed by atoms with Gasteiger partial charge in [-0.1, -0.05) is 18.2 Å². The van der Waals surface area contributed by atoms with Gasteiger partial charge in [-0.2, -0.15) is 0 Å². The van der Waals surface area contributed by atoms with Crippen LogP contribution in [0.5, 0.6) is 5.75 Å². The van der Waals surface area contributed by atoms with Gasteiger partial charge in [0.1, 0.15) is 5.75 Å². The Bertz CT molecular complexity index is 692. The Hall–Kier alpha value is -2.34. The Balaban J connectivity index is 1.57. The smallest absolute Gasteiger partial charge is 0.257 e. The van der Waals surface area contributed by atoms with E-state index in [0.717, 1.165) is 4.88 Å². The molecule has 0 radical (unpaired) electrons. The summed E-state index contributed by atoms with van der Waals surface area (Å²) in [5.41, 5.74) is 0.311. The molecular weight excluding hydrogens is 312 g/mol. The number of benzene rings is 1. The highest BCUT2D eigenvalue weighted by atomic mass is 32.1. The van der Waals surface area contributed by atoms with Crippen molar-refractivity contribution in [2.45, 2.75) is 6.42 Å². The molecule has 23 heavy (non-hydrogen) atoms. The number of carbonyl (C=O) groups excluding carboxylic acids is 2. The maximum atomic E-state index is 12.4. The normalized spacial score (nSPS) is 14.8. The molecule has 1 aromatic heterocycles. The highest BCUT2D eigenvalue weighted by molar-refractivity contribution is 7.10. The van der Waals surface area contributed by atoms with E-state index in [2.05, 4.69) is 0 Å². The molecule has 120 valence electrons. The van der Waals surface area contributed by atoms with Crippen LogP contribution in [0.25, 0.3) is 0 Å². The van der Waals surface area contributed by atoms with Crippen LogP contribution >= 0.6 is 11.3 Å². The molecular formula is C17H18N2O3S. The van der Waals surface area contributed by atoms with E-state index < -0.39 is 0 Å². The fourth-order valence-electron chi connectivity index (χ4n) is 2.66. The third-order valence-corrected chi connectivity index (χ3v) is 4.84. The Morgan fingerprint density at radius 1 is 1.00 bits per heavy atom. The molecule has 1 aliphatic rings. The van der Waals surface area contributed by atoms with Gasteiger partial charge in [-0.25, -0.2) is 0 Å². The van der Waals surface area contributed by atoms with Gasteiger partial charge in [-0.15, -0.1) is 11.3 Å². The lowest BCUT2D eigenvalue weighted by atomic mass is 10.1. The van der Waals surface area contributed by atoms with Crippen molar-refractivity contribution in [3.63, 3.8) is 0 Å². The summed E-state index contributed by atoms with van der Waals surface area (Å²) in [5.74, 6) is -0.0933. The summed E-state index contributed by atoms with van der Waals surface area (Å²) >= 11 is 1.58. The molecule has 1 N–H and O–H groups in total. The van der Waals surface area contributed by atoms with E-state index in [0.29, 0.717) is 38.2 Å². The summed E-state index contributed by atoms with van der Waals surface area (Å²) in [6.45, 7) is 2.04. The number of nitrogens with zero attached hydrogens (tertiary/aromatic N) is 2. The monoisotopic (exact) mass is 330 g/mol. The average Bonchev–Trinajstić information content (AvgIpc) is 3.08. The zero-order valence-electron chi connectivity index (χ0n) is 12.6. The van der Waals surface area contributed by atoms with Crippen molar-refractivity contribution in [3.05, 3.63) is 52.2 Å². The van der Waals surface area contributed by atoms with Gasteiger partial charge in [-0.3, -0.25) is 9.59 Å². The van der Waals surface area contributed by atoms with Crippen molar-refractivity contribution in [2.75, 3.05) is 26.2 Å². The number of carbonyl (C=O) groups is 2. The summed E-state index contributed by atoms with van der Waals surface area (Å²) in [7, 11) is 0. The lowest BCUT2D eigenvalue weighted by Gasteiger charge is -2.35. The minimum Gasteiger partial charge on any atom is -0.507 e. The average molecular weight is 330 g/mol. The molecule has 2 amide bonds. The van der Waals surface area contributed by atoms with Crippen LogP contribution in [0.1, 0.15) is 15.2 Å². The fourth-order valence-corrected chi connectivity index (χ4v) is 3.35. The molecule has 1 aromatic carbocycles. The molecule has 0 unspecified atom stereocenters. The highest BCUT2D eigenvalue weighted by Crippen LogP contribution is 2.19. The van der Waals surface area contributed by atoms with Crippen LogP contribution < -0.4 is 0 Å². The predicted molar refractivity (Wildman–Crippen MR) is 88.6 cm³/mol. The number of hydrogen-bond acceptors (Lipinski definition) is 4. The molecule has 6 heteroatoms. The standard InChI is InChI=1S/C17H18N2O3S/c20-15-6-2-1-5-14(15)17(22)19-9-7-18(8-10-19)16(21)12-13-4-3-11-23-13/h1-6,11,20H,7-10,12H2. The maximum absolute atomic E-state index is 12.4. The number of phenolic OH excluding ortho intramolecular Hbond substituents is 1. The van der Waals surface area contributed by atoms with Crippen molar-refractivity contribution in [1.29, 1.82) is 0 Å². The Kier molecular flexibility index (Phi) is 4.62. The van der Waals surface area contributed by atoms with E-state index in [4.69, 9.17) is 0 Å². The van der Waals surface area contributed by atoms with E-state index >= 15 is 0 Å². The zero-order chi connectivity index (χ0) is 16.2. The van der Waals surface area contributed by atoms with Crippen LogP contribution in [0.4, 0.5) is 0 Å². The molecule has 3 rings (SSSR count). The fraction of sp³-hybridized carbons (Fsp3) is 0.294. The van der Waals surface area contributed by atoms with Crippen molar-refractivity contribution in [1.82, 2.24) is 9.80 Å². The van der Waals surface area contributed by atoms with Crippen molar-refractivity contribution >= 4 is 23.2 Å². The summed E-state index contributed by atoms with van der Waals surface area (Å²) in [6, 6.07) is 10.4. The molecule has 5 nitrogen and oxygen atoms in total. The second-order valence-corrected chi connectivity index (χ2v) is 6.48. The predicted octanol–water partition coefficient (Wildman–Crippen LogP) is 1.98. The molecule has 1 fully saturated rings. The third kappa shape index (κ3) is 3.53. The highest BCUT2D eigenvalue weighted by Gasteiger charge is 2.26. The van der Waals surface area contributed by atoms with Gasteiger partial charge in [0, 0.05) is 31.1 Å². The van der Waals surface area contributed by atoms with Gasteiger partial charge in [0.2, 0.25) is 5.91 Å². The van der Waals surface area contributed by atoms with E-state index in [9.17, 15) is 14.7 Å². The first kappa shape index (κ1) is 15.6. The second kappa shape index (κ2) is 6.83. The first-order valence-electron chi connectivity index (χ1n) is 7.52.